The molecule has 0 spiro atoms. The Morgan fingerprint density at radius 3 is 2.54 bits per heavy atom. The standard InChI is InChI=1S/C17H18ClN3O4S/c1-21(2)15(11-3-5-12(18)6-4-11)10-19-26(23,24)13-7-8-14-16(9-13)25-17(22)20-14/h3-9,15,19H,10H2,1-2H3,(H,20,22). The van der Waals surface area contributed by atoms with Crippen LogP contribution in [0, 0.1) is 0 Å². The Morgan fingerprint density at radius 2 is 1.88 bits per heavy atom. The fourth-order valence-electron chi connectivity index (χ4n) is 2.65. The molecule has 0 aliphatic heterocycles. The minimum absolute atomic E-state index is 0.0290. The van der Waals surface area contributed by atoms with Crippen LogP contribution in [0.5, 0.6) is 0 Å². The summed E-state index contributed by atoms with van der Waals surface area (Å²) in [7, 11) is -0.0276. The Morgan fingerprint density at radius 1 is 1.19 bits per heavy atom. The van der Waals surface area contributed by atoms with Crippen molar-refractivity contribution >= 4 is 32.7 Å². The summed E-state index contributed by atoms with van der Waals surface area (Å²) in [4.78, 5) is 15.6. The van der Waals surface area contributed by atoms with Gasteiger partial charge in [0, 0.05) is 23.7 Å². The first-order chi connectivity index (χ1) is 12.3. The van der Waals surface area contributed by atoms with Crippen LogP contribution in [0.3, 0.4) is 0 Å². The van der Waals surface area contributed by atoms with Gasteiger partial charge in [-0.05, 0) is 43.9 Å². The van der Waals surface area contributed by atoms with E-state index in [4.69, 9.17) is 16.0 Å². The molecule has 2 N–H and O–H groups in total. The second-order valence-corrected chi connectivity index (χ2v) is 8.26. The number of oxazole rings is 1. The lowest BCUT2D eigenvalue weighted by molar-refractivity contribution is 0.299. The molecule has 3 aromatic rings. The van der Waals surface area contributed by atoms with Crippen LogP contribution >= 0.6 is 11.6 Å². The zero-order valence-electron chi connectivity index (χ0n) is 14.2. The molecule has 0 amide bonds. The molecular formula is C17H18ClN3O4S. The molecule has 1 aromatic heterocycles. The molecule has 0 aliphatic carbocycles. The maximum absolute atomic E-state index is 12.6. The summed E-state index contributed by atoms with van der Waals surface area (Å²) >= 11 is 5.92. The third kappa shape index (κ3) is 3.99. The fraction of sp³-hybridized carbons (Fsp3) is 0.235. The van der Waals surface area contributed by atoms with E-state index in [-0.39, 0.29) is 23.1 Å². The lowest BCUT2D eigenvalue weighted by atomic mass is 10.1. The lowest BCUT2D eigenvalue weighted by Gasteiger charge is -2.25. The van der Waals surface area contributed by atoms with Crippen LogP contribution in [0.2, 0.25) is 5.02 Å². The summed E-state index contributed by atoms with van der Waals surface area (Å²) in [6, 6.07) is 11.3. The first-order valence-corrected chi connectivity index (χ1v) is 9.67. The number of aromatic nitrogens is 1. The monoisotopic (exact) mass is 395 g/mol. The van der Waals surface area contributed by atoms with Crippen LogP contribution in [-0.4, -0.2) is 38.9 Å². The molecule has 0 saturated heterocycles. The van der Waals surface area contributed by atoms with Crippen molar-refractivity contribution < 1.29 is 12.8 Å². The number of nitrogens with one attached hydrogen (secondary N) is 2. The van der Waals surface area contributed by atoms with E-state index in [9.17, 15) is 13.2 Å². The van der Waals surface area contributed by atoms with Crippen molar-refractivity contribution in [1.29, 1.82) is 0 Å². The minimum atomic E-state index is -3.77. The molecule has 3 rings (SSSR count). The van der Waals surface area contributed by atoms with Gasteiger partial charge in [0.15, 0.2) is 5.58 Å². The van der Waals surface area contributed by atoms with Crippen molar-refractivity contribution in [3.8, 4) is 0 Å². The Kier molecular flexibility index (Phi) is 5.19. The number of hydrogen-bond acceptors (Lipinski definition) is 5. The number of hydrogen-bond donors (Lipinski definition) is 2. The number of rotatable bonds is 6. The van der Waals surface area contributed by atoms with E-state index in [1.165, 1.54) is 18.2 Å². The zero-order chi connectivity index (χ0) is 18.9. The number of aromatic amines is 1. The Hall–Kier alpha value is -2.13. The highest BCUT2D eigenvalue weighted by molar-refractivity contribution is 7.89. The predicted molar refractivity (Wildman–Crippen MR) is 99.9 cm³/mol. The van der Waals surface area contributed by atoms with E-state index in [2.05, 4.69) is 9.71 Å². The van der Waals surface area contributed by atoms with Gasteiger partial charge in [-0.1, -0.05) is 23.7 Å². The van der Waals surface area contributed by atoms with Crippen molar-refractivity contribution in [2.24, 2.45) is 0 Å². The van der Waals surface area contributed by atoms with Gasteiger partial charge in [-0.25, -0.2) is 17.9 Å². The molecule has 2 aromatic carbocycles. The normalized spacial score (nSPS) is 13.4. The molecule has 26 heavy (non-hydrogen) atoms. The summed E-state index contributed by atoms with van der Waals surface area (Å²) in [5.41, 5.74) is 1.58. The average molecular weight is 396 g/mol. The Balaban J connectivity index is 1.82. The first-order valence-electron chi connectivity index (χ1n) is 7.81. The van der Waals surface area contributed by atoms with Crippen molar-refractivity contribution in [2.45, 2.75) is 10.9 Å². The van der Waals surface area contributed by atoms with Crippen LogP contribution in [0.25, 0.3) is 11.1 Å². The molecule has 0 fully saturated rings. The number of halogens is 1. The van der Waals surface area contributed by atoms with Gasteiger partial charge in [-0.3, -0.25) is 4.98 Å². The van der Waals surface area contributed by atoms with Crippen molar-refractivity contribution in [3.63, 3.8) is 0 Å². The van der Waals surface area contributed by atoms with Crippen molar-refractivity contribution in [2.75, 3.05) is 20.6 Å². The maximum atomic E-state index is 12.6. The molecule has 1 unspecified atom stereocenters. The summed E-state index contributed by atoms with van der Waals surface area (Å²) in [6.45, 7) is 0.173. The predicted octanol–water partition coefficient (Wildman–Crippen LogP) is 2.36. The summed E-state index contributed by atoms with van der Waals surface area (Å²) in [5.74, 6) is -0.627. The van der Waals surface area contributed by atoms with E-state index >= 15 is 0 Å². The summed E-state index contributed by atoms with van der Waals surface area (Å²) in [5, 5.41) is 0.619. The van der Waals surface area contributed by atoms with Crippen LogP contribution in [0.4, 0.5) is 0 Å². The molecular weight excluding hydrogens is 378 g/mol. The van der Waals surface area contributed by atoms with Gasteiger partial charge >= 0.3 is 5.76 Å². The minimum Gasteiger partial charge on any atom is -0.408 e. The highest BCUT2D eigenvalue weighted by Crippen LogP contribution is 2.21. The van der Waals surface area contributed by atoms with Crippen LogP contribution in [0.1, 0.15) is 11.6 Å². The first kappa shape index (κ1) is 18.7. The van der Waals surface area contributed by atoms with Gasteiger partial charge in [0.1, 0.15) is 0 Å². The van der Waals surface area contributed by atoms with Gasteiger partial charge in [0.25, 0.3) is 0 Å². The molecule has 0 bridgehead atoms. The van der Waals surface area contributed by atoms with Gasteiger partial charge in [0.05, 0.1) is 10.4 Å². The number of benzene rings is 2. The average Bonchev–Trinajstić information content (AvgIpc) is 2.95. The fourth-order valence-corrected chi connectivity index (χ4v) is 3.83. The number of H-pyrrole nitrogens is 1. The smallest absolute Gasteiger partial charge is 0.408 e. The third-order valence-electron chi connectivity index (χ3n) is 4.05. The topological polar surface area (TPSA) is 95.4 Å². The molecule has 0 radical (unpaired) electrons. The quantitative estimate of drug-likeness (QED) is 0.668. The van der Waals surface area contributed by atoms with Crippen molar-refractivity contribution in [3.05, 3.63) is 63.6 Å². The summed E-state index contributed by atoms with van der Waals surface area (Å²) in [6.07, 6.45) is 0. The van der Waals surface area contributed by atoms with Gasteiger partial charge < -0.3 is 9.32 Å². The molecule has 0 aliphatic rings. The highest BCUT2D eigenvalue weighted by atomic mass is 35.5. The van der Waals surface area contributed by atoms with Gasteiger partial charge in [-0.2, -0.15) is 0 Å². The Labute approximate surface area is 155 Å². The maximum Gasteiger partial charge on any atom is 0.417 e. The second-order valence-electron chi connectivity index (χ2n) is 6.06. The zero-order valence-corrected chi connectivity index (χ0v) is 15.8. The van der Waals surface area contributed by atoms with E-state index < -0.39 is 15.8 Å². The molecule has 1 heterocycles. The van der Waals surface area contributed by atoms with Crippen LogP contribution in [0.15, 0.2) is 56.6 Å². The molecule has 9 heteroatoms. The molecule has 1 atom stereocenters. The van der Waals surface area contributed by atoms with E-state index in [1.54, 1.807) is 12.1 Å². The third-order valence-corrected chi connectivity index (χ3v) is 5.72. The van der Waals surface area contributed by atoms with Gasteiger partial charge in [-0.15, -0.1) is 0 Å². The largest absolute Gasteiger partial charge is 0.417 e. The Bertz CT molecular complexity index is 1070. The number of fused-ring (bicyclic) bond motifs is 1. The second kappa shape index (κ2) is 7.24. The van der Waals surface area contributed by atoms with E-state index in [1.807, 2.05) is 31.1 Å². The van der Waals surface area contributed by atoms with E-state index in [0.717, 1.165) is 5.56 Å². The van der Waals surface area contributed by atoms with E-state index in [0.29, 0.717) is 10.5 Å². The van der Waals surface area contributed by atoms with Crippen molar-refractivity contribution in [1.82, 2.24) is 14.6 Å². The number of sulfonamides is 1. The molecule has 0 saturated carbocycles. The highest BCUT2D eigenvalue weighted by Gasteiger charge is 2.20. The SMILES string of the molecule is CN(C)C(CNS(=O)(=O)c1ccc2[nH]c(=O)oc2c1)c1ccc(Cl)cc1. The number of likely N-dealkylation sites (N-methyl/N-ethyl adjacent to an activating group) is 1. The summed E-state index contributed by atoms with van der Waals surface area (Å²) < 4.78 is 32.8. The molecule has 138 valence electrons. The molecule has 7 nitrogen and oxygen atoms in total. The van der Waals surface area contributed by atoms with Gasteiger partial charge in [0.2, 0.25) is 10.0 Å². The lowest BCUT2D eigenvalue weighted by Crippen LogP contribution is -2.34. The number of nitrogens with zero attached hydrogens (tertiary/aromatic N) is 1. The van der Waals surface area contributed by atoms with Crippen LogP contribution in [-0.2, 0) is 10.0 Å². The van der Waals surface area contributed by atoms with Crippen LogP contribution < -0.4 is 10.5 Å².